The van der Waals surface area contributed by atoms with Crippen LogP contribution in [0.4, 0.5) is 5.82 Å². The van der Waals surface area contributed by atoms with Crippen LogP contribution < -0.4 is 14.8 Å². The summed E-state index contributed by atoms with van der Waals surface area (Å²) in [4.78, 5) is 12.8. The minimum Gasteiger partial charge on any atom is -0.497 e. The van der Waals surface area contributed by atoms with Crippen LogP contribution in [0.3, 0.4) is 0 Å². The predicted molar refractivity (Wildman–Crippen MR) is 119 cm³/mol. The Labute approximate surface area is 181 Å². The molecule has 1 atom stereocenters. The highest BCUT2D eigenvalue weighted by atomic mass is 16.5. The minimum absolute atomic E-state index is 0.182. The maximum Gasteiger partial charge on any atom is 0.257 e. The normalized spacial score (nSPS) is 11.2. The Morgan fingerprint density at radius 1 is 1.10 bits per heavy atom. The Kier molecular flexibility index (Phi) is 7.31. The van der Waals surface area contributed by atoms with E-state index in [0.717, 1.165) is 11.3 Å². The number of anilines is 1. The van der Waals surface area contributed by atoms with Crippen molar-refractivity contribution in [2.24, 2.45) is 7.05 Å². The Bertz CT molecular complexity index is 1110. The number of carbonyl (C=O) groups excluding carboxylic acids is 1. The number of rotatable bonds is 7. The zero-order valence-corrected chi connectivity index (χ0v) is 18.0. The first-order valence-electron chi connectivity index (χ1n) is 9.74. The number of nitrogens with zero attached hydrogens (tertiary/aromatic N) is 2. The van der Waals surface area contributed by atoms with Gasteiger partial charge in [-0.25, -0.2) is 0 Å². The number of amides is 1. The number of aryl methyl sites for hydroxylation is 1. The van der Waals surface area contributed by atoms with E-state index in [2.05, 4.69) is 22.3 Å². The van der Waals surface area contributed by atoms with Gasteiger partial charge in [0, 0.05) is 43.1 Å². The van der Waals surface area contributed by atoms with Crippen molar-refractivity contribution in [3.63, 3.8) is 0 Å². The second-order valence-electron chi connectivity index (χ2n) is 6.94. The molecule has 1 heterocycles. The van der Waals surface area contributed by atoms with Gasteiger partial charge in [0.25, 0.3) is 5.91 Å². The van der Waals surface area contributed by atoms with Gasteiger partial charge in [0.1, 0.15) is 17.6 Å². The fourth-order valence-electron chi connectivity index (χ4n) is 2.89. The summed E-state index contributed by atoms with van der Waals surface area (Å²) in [6.45, 7) is 2.32. The van der Waals surface area contributed by atoms with Gasteiger partial charge in [-0.3, -0.25) is 9.48 Å². The Morgan fingerprint density at radius 2 is 1.87 bits per heavy atom. The molecule has 0 unspecified atom stereocenters. The molecule has 1 aromatic heterocycles. The van der Waals surface area contributed by atoms with Gasteiger partial charge in [0.15, 0.2) is 5.82 Å². The zero-order chi connectivity index (χ0) is 22.2. The van der Waals surface area contributed by atoms with E-state index in [-0.39, 0.29) is 12.0 Å². The van der Waals surface area contributed by atoms with Crippen LogP contribution >= 0.6 is 0 Å². The molecule has 7 nitrogen and oxygen atoms in total. The topological polar surface area (TPSA) is 74.6 Å². The van der Waals surface area contributed by atoms with Crippen LogP contribution in [0.2, 0.25) is 0 Å². The van der Waals surface area contributed by atoms with Gasteiger partial charge in [-0.2, -0.15) is 5.10 Å². The van der Waals surface area contributed by atoms with Gasteiger partial charge in [-0.05, 0) is 43.3 Å². The standard InChI is InChI=1S/C24H25N3O4/c1-17(16-29-3)31-22-14-19(9-8-18-6-5-7-21(13-18)30-4)12-20(15-22)24(28)25-23-10-11-27(2)26-23/h5-7,10-15,17H,16H2,1-4H3,(H,25,26,28)/t17-/m0/s1. The molecule has 0 fully saturated rings. The van der Waals surface area contributed by atoms with E-state index >= 15 is 0 Å². The summed E-state index contributed by atoms with van der Waals surface area (Å²) >= 11 is 0. The molecule has 0 aliphatic heterocycles. The van der Waals surface area contributed by atoms with E-state index in [0.29, 0.717) is 29.3 Å². The Morgan fingerprint density at radius 3 is 2.58 bits per heavy atom. The van der Waals surface area contributed by atoms with Gasteiger partial charge in [-0.15, -0.1) is 0 Å². The van der Waals surface area contributed by atoms with Crippen LogP contribution in [0.5, 0.6) is 11.5 Å². The summed E-state index contributed by atoms with van der Waals surface area (Å²) in [5.74, 6) is 7.64. The summed E-state index contributed by atoms with van der Waals surface area (Å²) in [5.41, 5.74) is 1.87. The molecule has 2 aromatic carbocycles. The van der Waals surface area contributed by atoms with Gasteiger partial charge in [0.05, 0.1) is 13.7 Å². The van der Waals surface area contributed by atoms with Crippen LogP contribution in [0.1, 0.15) is 28.4 Å². The van der Waals surface area contributed by atoms with Crippen LogP contribution in [-0.4, -0.2) is 42.6 Å². The highest BCUT2D eigenvalue weighted by Gasteiger charge is 2.12. The quantitative estimate of drug-likeness (QED) is 0.594. The number of methoxy groups -OCH3 is 2. The third-order valence-corrected chi connectivity index (χ3v) is 4.28. The maximum absolute atomic E-state index is 12.8. The summed E-state index contributed by atoms with van der Waals surface area (Å²) in [7, 11) is 5.01. The number of aromatic nitrogens is 2. The van der Waals surface area contributed by atoms with Crippen LogP contribution in [0.15, 0.2) is 54.7 Å². The third-order valence-electron chi connectivity index (χ3n) is 4.28. The predicted octanol–water partition coefficient (Wildman–Crippen LogP) is 3.49. The van der Waals surface area contributed by atoms with Crippen molar-refractivity contribution in [3.05, 3.63) is 71.4 Å². The molecule has 1 N–H and O–H groups in total. The maximum atomic E-state index is 12.8. The van der Waals surface area contributed by atoms with Gasteiger partial charge in [-0.1, -0.05) is 17.9 Å². The number of carbonyl (C=O) groups is 1. The number of ether oxygens (including phenoxy) is 3. The first-order chi connectivity index (χ1) is 15.0. The molecule has 0 aliphatic rings. The SMILES string of the molecule is COC[C@H](C)Oc1cc(C#Cc2cccc(OC)c2)cc(C(=O)Nc2ccn(C)n2)c1. The number of hydrogen-bond donors (Lipinski definition) is 1. The van der Waals surface area contributed by atoms with E-state index in [1.807, 2.05) is 31.2 Å². The van der Waals surface area contributed by atoms with Gasteiger partial charge in [0.2, 0.25) is 0 Å². The molecule has 0 saturated heterocycles. The first kappa shape index (κ1) is 21.9. The first-order valence-corrected chi connectivity index (χ1v) is 9.74. The second-order valence-corrected chi connectivity index (χ2v) is 6.94. The van der Waals surface area contributed by atoms with Crippen LogP contribution in [0, 0.1) is 11.8 Å². The molecular weight excluding hydrogens is 394 g/mol. The number of nitrogens with one attached hydrogen (secondary N) is 1. The highest BCUT2D eigenvalue weighted by Crippen LogP contribution is 2.20. The average molecular weight is 419 g/mol. The average Bonchev–Trinajstić information content (AvgIpc) is 3.17. The minimum atomic E-state index is -0.298. The molecule has 0 radical (unpaired) electrons. The summed E-state index contributed by atoms with van der Waals surface area (Å²) < 4.78 is 17.9. The lowest BCUT2D eigenvalue weighted by molar-refractivity contribution is 0.0917. The van der Waals surface area contributed by atoms with Crippen molar-refractivity contribution < 1.29 is 19.0 Å². The molecule has 160 valence electrons. The summed E-state index contributed by atoms with van der Waals surface area (Å²) in [6.07, 6.45) is 1.57. The van der Waals surface area contributed by atoms with Gasteiger partial charge >= 0.3 is 0 Å². The molecule has 31 heavy (non-hydrogen) atoms. The lowest BCUT2D eigenvalue weighted by Gasteiger charge is -2.15. The van der Waals surface area contributed by atoms with Gasteiger partial charge < -0.3 is 19.5 Å². The van der Waals surface area contributed by atoms with E-state index in [1.165, 1.54) is 0 Å². The molecule has 0 bridgehead atoms. The van der Waals surface area contributed by atoms with E-state index < -0.39 is 0 Å². The van der Waals surface area contributed by atoms with Crippen molar-refractivity contribution in [2.45, 2.75) is 13.0 Å². The molecule has 7 heteroatoms. The molecule has 1 amide bonds. The van der Waals surface area contributed by atoms with Crippen LogP contribution in [0.25, 0.3) is 0 Å². The molecule has 0 saturated carbocycles. The van der Waals surface area contributed by atoms with Crippen molar-refractivity contribution in [3.8, 4) is 23.3 Å². The molecular formula is C24H25N3O4. The monoisotopic (exact) mass is 419 g/mol. The third kappa shape index (κ3) is 6.36. The highest BCUT2D eigenvalue weighted by molar-refractivity contribution is 6.04. The number of benzene rings is 2. The Balaban J connectivity index is 1.90. The second kappa shape index (κ2) is 10.3. The molecule has 3 rings (SSSR count). The van der Waals surface area contributed by atoms with Crippen molar-refractivity contribution in [1.29, 1.82) is 0 Å². The van der Waals surface area contributed by atoms with Crippen molar-refractivity contribution in [1.82, 2.24) is 9.78 Å². The Hall–Kier alpha value is -3.76. The van der Waals surface area contributed by atoms with Crippen LogP contribution in [-0.2, 0) is 11.8 Å². The zero-order valence-electron chi connectivity index (χ0n) is 18.0. The van der Waals surface area contributed by atoms with E-state index in [1.54, 1.807) is 56.4 Å². The van der Waals surface area contributed by atoms with Crippen molar-refractivity contribution >= 4 is 11.7 Å². The summed E-state index contributed by atoms with van der Waals surface area (Å²) in [6, 6.07) is 14.4. The fourth-order valence-corrected chi connectivity index (χ4v) is 2.89. The molecule has 0 spiro atoms. The smallest absolute Gasteiger partial charge is 0.257 e. The molecule has 0 aliphatic carbocycles. The lowest BCUT2D eigenvalue weighted by Crippen LogP contribution is -2.19. The largest absolute Gasteiger partial charge is 0.497 e. The van der Waals surface area contributed by atoms with Crippen molar-refractivity contribution in [2.75, 3.05) is 26.1 Å². The number of hydrogen-bond acceptors (Lipinski definition) is 5. The fraction of sp³-hybridized carbons (Fsp3) is 0.250. The molecule has 3 aromatic rings. The lowest BCUT2D eigenvalue weighted by atomic mass is 10.1. The van der Waals surface area contributed by atoms with E-state index in [4.69, 9.17) is 14.2 Å². The van der Waals surface area contributed by atoms with E-state index in [9.17, 15) is 4.79 Å². The summed E-state index contributed by atoms with van der Waals surface area (Å²) in [5, 5.41) is 6.97.